The number of aromatic nitrogens is 3. The standard InChI is InChI=1S/C13H13BrN4O2/c1-15-5-4-9-11(14)12(18-17-9)7-2-3-8-10(6-7)20-13(19)16-8/h2-3,6,15H,4-5H2,1H3,(H,16,19)(H,17,18). The van der Waals surface area contributed by atoms with Crippen LogP contribution >= 0.6 is 15.9 Å². The second-order valence-corrected chi connectivity index (χ2v) is 5.24. The Morgan fingerprint density at radius 3 is 3.10 bits per heavy atom. The maximum Gasteiger partial charge on any atom is 0.417 e. The first kappa shape index (κ1) is 13.1. The Bertz CT molecular complexity index is 802. The molecular formula is C13H13BrN4O2. The minimum absolute atomic E-state index is 0.451. The molecule has 0 radical (unpaired) electrons. The zero-order valence-electron chi connectivity index (χ0n) is 10.8. The summed E-state index contributed by atoms with van der Waals surface area (Å²) in [6.07, 6.45) is 0.853. The van der Waals surface area contributed by atoms with Crippen molar-refractivity contribution >= 4 is 27.0 Å². The maximum atomic E-state index is 11.2. The van der Waals surface area contributed by atoms with Crippen LogP contribution in [0.1, 0.15) is 5.69 Å². The molecule has 0 saturated carbocycles. The Balaban J connectivity index is 2.01. The molecule has 0 bridgehead atoms. The third kappa shape index (κ3) is 2.30. The average Bonchev–Trinajstić information content (AvgIpc) is 2.97. The molecule has 0 fully saturated rings. The number of nitrogens with one attached hydrogen (secondary N) is 3. The smallest absolute Gasteiger partial charge is 0.408 e. The fraction of sp³-hybridized carbons (Fsp3) is 0.231. The van der Waals surface area contributed by atoms with Crippen molar-refractivity contribution in [2.45, 2.75) is 6.42 Å². The molecule has 0 amide bonds. The molecule has 3 N–H and O–H groups in total. The van der Waals surface area contributed by atoms with Crippen molar-refractivity contribution in [2.24, 2.45) is 0 Å². The van der Waals surface area contributed by atoms with Gasteiger partial charge in [0.05, 0.1) is 15.7 Å². The number of oxazole rings is 1. The summed E-state index contributed by atoms with van der Waals surface area (Å²) in [6.45, 7) is 0.867. The van der Waals surface area contributed by atoms with Crippen molar-refractivity contribution in [1.29, 1.82) is 0 Å². The van der Waals surface area contributed by atoms with Crippen molar-refractivity contribution in [1.82, 2.24) is 20.5 Å². The zero-order chi connectivity index (χ0) is 14.1. The lowest BCUT2D eigenvalue weighted by molar-refractivity contribution is 0.555. The molecular weight excluding hydrogens is 324 g/mol. The summed E-state index contributed by atoms with van der Waals surface area (Å²) in [5, 5.41) is 10.4. The van der Waals surface area contributed by atoms with E-state index in [-0.39, 0.29) is 0 Å². The zero-order valence-corrected chi connectivity index (χ0v) is 12.4. The van der Waals surface area contributed by atoms with Gasteiger partial charge in [0.2, 0.25) is 0 Å². The highest BCUT2D eigenvalue weighted by Crippen LogP contribution is 2.30. The topological polar surface area (TPSA) is 86.7 Å². The first-order valence-corrected chi connectivity index (χ1v) is 6.99. The van der Waals surface area contributed by atoms with Crippen LogP contribution in [0, 0.1) is 0 Å². The van der Waals surface area contributed by atoms with Crippen LogP contribution in [0.4, 0.5) is 0 Å². The van der Waals surface area contributed by atoms with Crippen molar-refractivity contribution in [3.05, 3.63) is 38.9 Å². The highest BCUT2D eigenvalue weighted by molar-refractivity contribution is 9.10. The highest BCUT2D eigenvalue weighted by atomic mass is 79.9. The summed E-state index contributed by atoms with van der Waals surface area (Å²) >= 11 is 3.57. The van der Waals surface area contributed by atoms with Crippen LogP contribution in [0.25, 0.3) is 22.4 Å². The largest absolute Gasteiger partial charge is 0.417 e. The van der Waals surface area contributed by atoms with Crippen LogP contribution < -0.4 is 11.1 Å². The molecule has 0 spiro atoms. The maximum absolute atomic E-state index is 11.2. The predicted molar refractivity (Wildman–Crippen MR) is 79.7 cm³/mol. The van der Waals surface area contributed by atoms with Crippen molar-refractivity contribution < 1.29 is 4.42 Å². The average molecular weight is 337 g/mol. The van der Waals surface area contributed by atoms with Gasteiger partial charge in [-0.15, -0.1) is 0 Å². The lowest BCUT2D eigenvalue weighted by atomic mass is 10.1. The van der Waals surface area contributed by atoms with Gasteiger partial charge in [0.25, 0.3) is 0 Å². The highest BCUT2D eigenvalue weighted by Gasteiger charge is 2.13. The van der Waals surface area contributed by atoms with E-state index >= 15 is 0 Å². The van der Waals surface area contributed by atoms with Crippen molar-refractivity contribution in [2.75, 3.05) is 13.6 Å². The lowest BCUT2D eigenvalue weighted by Crippen LogP contribution is -2.10. The van der Waals surface area contributed by atoms with E-state index in [0.717, 1.165) is 34.4 Å². The molecule has 0 atom stereocenters. The van der Waals surface area contributed by atoms with E-state index in [2.05, 4.69) is 36.4 Å². The third-order valence-corrected chi connectivity index (χ3v) is 3.95. The molecule has 0 unspecified atom stereocenters. The van der Waals surface area contributed by atoms with Crippen LogP contribution in [-0.4, -0.2) is 28.8 Å². The minimum Gasteiger partial charge on any atom is -0.408 e. The number of likely N-dealkylation sites (N-methyl/N-ethyl adjacent to an activating group) is 1. The monoisotopic (exact) mass is 336 g/mol. The molecule has 2 aromatic heterocycles. The van der Waals surface area contributed by atoms with E-state index in [1.807, 2.05) is 19.2 Å². The molecule has 1 aromatic carbocycles. The predicted octanol–water partition coefficient (Wildman–Crippen LogP) is 2.04. The van der Waals surface area contributed by atoms with E-state index in [4.69, 9.17) is 4.42 Å². The number of H-pyrrole nitrogens is 2. The number of nitrogens with zero attached hydrogens (tertiary/aromatic N) is 1. The molecule has 2 heterocycles. The van der Waals surface area contributed by atoms with Crippen LogP contribution in [0.2, 0.25) is 0 Å². The van der Waals surface area contributed by atoms with Gasteiger partial charge in [0.15, 0.2) is 5.58 Å². The lowest BCUT2D eigenvalue weighted by Gasteiger charge is -1.99. The minimum atomic E-state index is -0.451. The fourth-order valence-corrected chi connectivity index (χ4v) is 2.67. The Kier molecular flexibility index (Phi) is 3.45. The number of hydrogen-bond donors (Lipinski definition) is 3. The molecule has 0 saturated heterocycles. The van der Waals surface area contributed by atoms with Crippen LogP contribution in [0.15, 0.2) is 31.9 Å². The van der Waals surface area contributed by atoms with E-state index in [1.165, 1.54) is 0 Å². The van der Waals surface area contributed by atoms with Crippen LogP contribution in [-0.2, 0) is 6.42 Å². The van der Waals surface area contributed by atoms with E-state index in [1.54, 1.807) is 6.07 Å². The Morgan fingerprint density at radius 2 is 2.30 bits per heavy atom. The SMILES string of the molecule is CNCCc1[nH]nc(-c2ccc3[nH]c(=O)oc3c2)c1Br. The van der Waals surface area contributed by atoms with E-state index in [0.29, 0.717) is 11.1 Å². The second kappa shape index (κ2) is 5.26. The number of rotatable bonds is 4. The Labute approximate surface area is 122 Å². The van der Waals surface area contributed by atoms with Gasteiger partial charge >= 0.3 is 5.76 Å². The Hall–Kier alpha value is -1.86. The summed E-state index contributed by atoms with van der Waals surface area (Å²) in [4.78, 5) is 13.8. The third-order valence-electron chi connectivity index (χ3n) is 3.09. The number of benzene rings is 1. The van der Waals surface area contributed by atoms with Gasteiger partial charge in [-0.25, -0.2) is 4.79 Å². The van der Waals surface area contributed by atoms with Gasteiger partial charge in [-0.05, 0) is 35.1 Å². The molecule has 3 rings (SSSR count). The molecule has 3 aromatic rings. The first-order chi connectivity index (χ1) is 9.69. The van der Waals surface area contributed by atoms with E-state index < -0.39 is 5.76 Å². The van der Waals surface area contributed by atoms with Crippen molar-refractivity contribution in [3.8, 4) is 11.3 Å². The number of aromatic amines is 2. The van der Waals surface area contributed by atoms with Crippen LogP contribution in [0.5, 0.6) is 0 Å². The quantitative estimate of drug-likeness (QED) is 0.680. The van der Waals surface area contributed by atoms with Gasteiger partial charge in [-0.1, -0.05) is 6.07 Å². The summed E-state index contributed by atoms with van der Waals surface area (Å²) in [5.41, 5.74) is 3.94. The summed E-state index contributed by atoms with van der Waals surface area (Å²) in [6, 6.07) is 5.51. The fourth-order valence-electron chi connectivity index (χ4n) is 2.06. The molecule has 0 aliphatic rings. The Morgan fingerprint density at radius 1 is 1.45 bits per heavy atom. The first-order valence-electron chi connectivity index (χ1n) is 6.19. The number of halogens is 1. The molecule has 0 aliphatic carbocycles. The second-order valence-electron chi connectivity index (χ2n) is 4.44. The van der Waals surface area contributed by atoms with Gasteiger partial charge < -0.3 is 9.73 Å². The number of fused-ring (bicyclic) bond motifs is 1. The normalized spacial score (nSPS) is 11.3. The van der Waals surface area contributed by atoms with Gasteiger partial charge in [0.1, 0.15) is 5.69 Å². The summed E-state index contributed by atoms with van der Waals surface area (Å²) in [5.74, 6) is -0.451. The molecule has 0 aliphatic heterocycles. The summed E-state index contributed by atoms with van der Waals surface area (Å²) in [7, 11) is 1.91. The van der Waals surface area contributed by atoms with Crippen LogP contribution in [0.3, 0.4) is 0 Å². The van der Waals surface area contributed by atoms with Crippen molar-refractivity contribution in [3.63, 3.8) is 0 Å². The number of hydrogen-bond acceptors (Lipinski definition) is 4. The van der Waals surface area contributed by atoms with E-state index in [9.17, 15) is 4.79 Å². The van der Waals surface area contributed by atoms with Gasteiger partial charge in [-0.2, -0.15) is 5.10 Å². The molecule has 6 nitrogen and oxygen atoms in total. The molecule has 20 heavy (non-hydrogen) atoms. The van der Waals surface area contributed by atoms with Gasteiger partial charge in [0, 0.05) is 18.5 Å². The van der Waals surface area contributed by atoms with Gasteiger partial charge in [-0.3, -0.25) is 10.1 Å². The summed E-state index contributed by atoms with van der Waals surface area (Å²) < 4.78 is 6.00. The molecule has 7 heteroatoms. The molecule has 104 valence electrons.